The molecule has 0 atom stereocenters. The van der Waals surface area contributed by atoms with Gasteiger partial charge in [0, 0.05) is 17.2 Å². The number of hydrogen-bond donors (Lipinski definition) is 1. The van der Waals surface area contributed by atoms with Gasteiger partial charge >= 0.3 is 5.91 Å². The number of hydrogen-bond acceptors (Lipinski definition) is 1. The molecule has 1 aromatic carbocycles. The van der Waals surface area contributed by atoms with Crippen molar-refractivity contribution in [3.8, 4) is 0 Å². The van der Waals surface area contributed by atoms with Gasteiger partial charge in [-0.3, -0.25) is 0 Å². The van der Waals surface area contributed by atoms with Crippen LogP contribution in [-0.4, -0.2) is 5.91 Å². The van der Waals surface area contributed by atoms with E-state index in [2.05, 4.69) is 10.3 Å². The van der Waals surface area contributed by atoms with E-state index >= 15 is 0 Å². The summed E-state index contributed by atoms with van der Waals surface area (Å²) in [6.07, 6.45) is 4.30. The van der Waals surface area contributed by atoms with Gasteiger partial charge in [0.25, 0.3) is 5.82 Å². The quantitative estimate of drug-likeness (QED) is 0.867. The highest BCUT2D eigenvalue weighted by Gasteiger charge is 2.10. The largest absolute Gasteiger partial charge is 0.331 e. The molecular formula is C15H13ClFN2O+. The minimum Gasteiger partial charge on any atom is -0.247 e. The maximum absolute atomic E-state index is 13.5. The van der Waals surface area contributed by atoms with Crippen LogP contribution in [0.3, 0.4) is 0 Å². The van der Waals surface area contributed by atoms with Crippen LogP contribution in [-0.2, 0) is 4.79 Å². The van der Waals surface area contributed by atoms with Crippen LogP contribution in [0.25, 0.3) is 6.08 Å². The van der Waals surface area contributed by atoms with Crippen LogP contribution in [0.2, 0.25) is 5.02 Å². The van der Waals surface area contributed by atoms with Crippen LogP contribution >= 0.6 is 11.6 Å². The second-order valence-electron chi connectivity index (χ2n) is 4.19. The molecule has 0 saturated carbocycles. The summed E-state index contributed by atoms with van der Waals surface area (Å²) in [6.45, 7) is 1.86. The minimum atomic E-state index is -0.469. The number of aromatic amines is 1. The second-order valence-corrected chi connectivity index (χ2v) is 4.59. The second kappa shape index (κ2) is 6.30. The van der Waals surface area contributed by atoms with Crippen molar-refractivity contribution >= 4 is 29.4 Å². The molecule has 0 spiro atoms. The fourth-order valence-corrected chi connectivity index (χ4v) is 1.88. The van der Waals surface area contributed by atoms with Crippen LogP contribution in [0.15, 0.2) is 42.6 Å². The molecule has 0 unspecified atom stereocenters. The molecule has 1 heterocycles. The van der Waals surface area contributed by atoms with Crippen LogP contribution in [0.4, 0.5) is 10.2 Å². The Bertz CT molecular complexity index is 650. The molecule has 2 rings (SSSR count). The third-order valence-electron chi connectivity index (χ3n) is 2.71. The maximum atomic E-state index is 13.5. The van der Waals surface area contributed by atoms with Crippen LogP contribution < -0.4 is 10.3 Å². The molecule has 0 fully saturated rings. The molecule has 2 aromatic rings. The molecule has 0 aliphatic rings. The molecule has 0 aliphatic carbocycles. The number of nitrogens with one attached hydrogen (secondary N) is 2. The average Bonchev–Trinajstić information content (AvgIpc) is 2.41. The van der Waals surface area contributed by atoms with Crippen molar-refractivity contribution < 1.29 is 14.2 Å². The van der Waals surface area contributed by atoms with E-state index < -0.39 is 5.82 Å². The Labute approximate surface area is 121 Å². The van der Waals surface area contributed by atoms with Crippen molar-refractivity contribution in [2.24, 2.45) is 0 Å². The third kappa shape index (κ3) is 3.42. The number of amides is 1. The van der Waals surface area contributed by atoms with E-state index in [1.165, 1.54) is 24.3 Å². The lowest BCUT2D eigenvalue weighted by Gasteiger charge is -1.99. The average molecular weight is 292 g/mol. The normalized spacial score (nSPS) is 10.8. The molecule has 0 aliphatic heterocycles. The minimum absolute atomic E-state index is 0.193. The van der Waals surface area contributed by atoms with Crippen molar-refractivity contribution in [1.82, 2.24) is 0 Å². The highest BCUT2D eigenvalue weighted by molar-refractivity contribution is 6.32. The molecule has 20 heavy (non-hydrogen) atoms. The summed E-state index contributed by atoms with van der Waals surface area (Å²) in [5.41, 5.74) is 1.09. The highest BCUT2D eigenvalue weighted by Crippen LogP contribution is 2.20. The molecule has 102 valence electrons. The zero-order chi connectivity index (χ0) is 14.5. The molecule has 0 radical (unpaired) electrons. The number of carbonyl (C=O) groups is 1. The predicted molar refractivity (Wildman–Crippen MR) is 76.8 cm³/mol. The van der Waals surface area contributed by atoms with Gasteiger partial charge in [-0.2, -0.15) is 0 Å². The van der Waals surface area contributed by atoms with Gasteiger partial charge in [-0.1, -0.05) is 17.7 Å². The number of rotatable bonds is 3. The first-order valence-corrected chi connectivity index (χ1v) is 6.36. The summed E-state index contributed by atoms with van der Waals surface area (Å²) >= 11 is 5.87. The lowest BCUT2D eigenvalue weighted by atomic mass is 10.2. The molecular weight excluding hydrogens is 279 g/mol. The van der Waals surface area contributed by atoms with Gasteiger partial charge in [0.15, 0.2) is 0 Å². The SMILES string of the molecule is Cc1ccc[nH+]c1NC(=O)C=Cc1c(F)cccc1Cl. The van der Waals surface area contributed by atoms with E-state index in [-0.39, 0.29) is 16.5 Å². The van der Waals surface area contributed by atoms with Gasteiger partial charge in [0.2, 0.25) is 0 Å². The molecule has 5 heteroatoms. The van der Waals surface area contributed by atoms with E-state index in [1.54, 1.807) is 12.3 Å². The molecule has 0 bridgehead atoms. The van der Waals surface area contributed by atoms with Gasteiger partial charge in [-0.05, 0) is 37.3 Å². The summed E-state index contributed by atoms with van der Waals surface area (Å²) in [4.78, 5) is 14.7. The molecule has 2 N–H and O–H groups in total. The van der Waals surface area contributed by atoms with Gasteiger partial charge in [0.05, 0.1) is 11.2 Å². The lowest BCUT2D eigenvalue weighted by Crippen LogP contribution is -2.18. The number of halogens is 2. The maximum Gasteiger partial charge on any atom is 0.331 e. The molecule has 3 nitrogen and oxygen atoms in total. The lowest BCUT2D eigenvalue weighted by molar-refractivity contribution is -0.361. The van der Waals surface area contributed by atoms with Crippen molar-refractivity contribution in [2.75, 3.05) is 5.32 Å². The Morgan fingerprint density at radius 3 is 2.85 bits per heavy atom. The van der Waals surface area contributed by atoms with E-state index in [0.29, 0.717) is 5.82 Å². The number of benzene rings is 1. The van der Waals surface area contributed by atoms with E-state index in [4.69, 9.17) is 11.6 Å². The fraction of sp³-hybridized carbons (Fsp3) is 0.0667. The molecule has 1 aromatic heterocycles. The van der Waals surface area contributed by atoms with Crippen LogP contribution in [0.5, 0.6) is 0 Å². The number of pyridine rings is 1. The van der Waals surface area contributed by atoms with E-state index in [1.807, 2.05) is 19.1 Å². The first kappa shape index (κ1) is 14.2. The Morgan fingerprint density at radius 1 is 1.35 bits per heavy atom. The van der Waals surface area contributed by atoms with Crippen LogP contribution in [0, 0.1) is 12.7 Å². The van der Waals surface area contributed by atoms with E-state index in [0.717, 1.165) is 5.56 Å². The standard InChI is InChI=1S/C15H12ClFN2O/c1-10-4-3-9-18-15(10)19-14(20)8-7-11-12(16)5-2-6-13(11)17/h2-9H,1H3,(H,18,19,20)/p+1. The third-order valence-corrected chi connectivity index (χ3v) is 3.04. The van der Waals surface area contributed by atoms with Crippen molar-refractivity contribution in [3.05, 3.63) is 64.6 Å². The van der Waals surface area contributed by atoms with Gasteiger partial charge < -0.3 is 0 Å². The van der Waals surface area contributed by atoms with Gasteiger partial charge in [0.1, 0.15) is 5.82 Å². The highest BCUT2D eigenvalue weighted by atomic mass is 35.5. The summed E-state index contributed by atoms with van der Waals surface area (Å²) in [7, 11) is 0. The van der Waals surface area contributed by atoms with Crippen LogP contribution in [0.1, 0.15) is 11.1 Å². The Morgan fingerprint density at radius 2 is 2.15 bits per heavy atom. The van der Waals surface area contributed by atoms with Gasteiger partial charge in [-0.25, -0.2) is 19.5 Å². The Kier molecular flexibility index (Phi) is 4.48. The topological polar surface area (TPSA) is 43.2 Å². The number of anilines is 1. The zero-order valence-corrected chi connectivity index (χ0v) is 11.5. The Balaban J connectivity index is 2.12. The number of carbonyl (C=O) groups excluding carboxylic acids is 1. The monoisotopic (exact) mass is 291 g/mol. The molecule has 1 amide bonds. The van der Waals surface area contributed by atoms with Crippen molar-refractivity contribution in [1.29, 1.82) is 0 Å². The van der Waals surface area contributed by atoms with Gasteiger partial charge in [-0.15, -0.1) is 0 Å². The summed E-state index contributed by atoms with van der Waals surface area (Å²) < 4.78 is 13.5. The summed E-state index contributed by atoms with van der Waals surface area (Å²) in [6, 6.07) is 8.07. The predicted octanol–water partition coefficient (Wildman–Crippen LogP) is 3.25. The molecule has 0 saturated heterocycles. The smallest absolute Gasteiger partial charge is 0.247 e. The Hall–Kier alpha value is -2.20. The number of aromatic nitrogens is 1. The van der Waals surface area contributed by atoms with E-state index in [9.17, 15) is 9.18 Å². The summed E-state index contributed by atoms with van der Waals surface area (Å²) in [5, 5.41) is 2.93. The first-order chi connectivity index (χ1) is 9.58. The number of aryl methyl sites for hydroxylation is 1. The van der Waals surface area contributed by atoms with Crippen molar-refractivity contribution in [2.45, 2.75) is 6.92 Å². The van der Waals surface area contributed by atoms with Crippen molar-refractivity contribution in [3.63, 3.8) is 0 Å². The first-order valence-electron chi connectivity index (χ1n) is 5.98. The fourth-order valence-electron chi connectivity index (χ4n) is 1.65. The summed E-state index contributed by atoms with van der Waals surface area (Å²) in [5.74, 6) is -0.236. The zero-order valence-electron chi connectivity index (χ0n) is 10.8. The number of H-pyrrole nitrogens is 1.